The molecule has 0 aliphatic rings. The highest BCUT2D eigenvalue weighted by Gasteiger charge is 2.22. The second-order valence-electron chi connectivity index (χ2n) is 4.91. The summed E-state index contributed by atoms with van der Waals surface area (Å²) < 4.78 is 6.62. The van der Waals surface area contributed by atoms with Crippen molar-refractivity contribution in [1.82, 2.24) is 9.47 Å². The van der Waals surface area contributed by atoms with E-state index >= 15 is 0 Å². The minimum Gasteiger partial charge on any atom is -0.408 e. The van der Waals surface area contributed by atoms with E-state index in [0.29, 0.717) is 5.58 Å². The molecule has 0 aliphatic carbocycles. The fourth-order valence-corrected chi connectivity index (χ4v) is 2.36. The molecule has 0 radical (unpaired) electrons. The zero-order valence-corrected chi connectivity index (χ0v) is 11.3. The Balaban J connectivity index is 2.52. The van der Waals surface area contributed by atoms with Gasteiger partial charge >= 0.3 is 5.76 Å². The number of fused-ring (bicyclic) bond motifs is 1. The van der Waals surface area contributed by atoms with Crippen LogP contribution in [0.4, 0.5) is 0 Å². The van der Waals surface area contributed by atoms with Crippen LogP contribution in [0.3, 0.4) is 0 Å². The van der Waals surface area contributed by atoms with E-state index in [2.05, 4.69) is 0 Å². The van der Waals surface area contributed by atoms with Gasteiger partial charge in [-0.2, -0.15) is 0 Å². The van der Waals surface area contributed by atoms with E-state index in [1.807, 2.05) is 31.1 Å². The van der Waals surface area contributed by atoms with Crippen molar-refractivity contribution in [3.05, 3.63) is 34.3 Å². The maximum Gasteiger partial charge on any atom is 0.419 e. The van der Waals surface area contributed by atoms with Crippen LogP contribution in [0.5, 0.6) is 0 Å². The summed E-state index contributed by atoms with van der Waals surface area (Å²) in [5.41, 5.74) is 8.12. The maximum absolute atomic E-state index is 11.5. The second kappa shape index (κ2) is 5.16. The zero-order chi connectivity index (χ0) is 14.2. The molecule has 2 atom stereocenters. The molecule has 1 heterocycles. The molecule has 2 unspecified atom stereocenters. The third-order valence-electron chi connectivity index (χ3n) is 3.33. The molecule has 0 spiro atoms. The third-order valence-corrected chi connectivity index (χ3v) is 3.33. The van der Waals surface area contributed by atoms with Gasteiger partial charge in [0.05, 0.1) is 18.2 Å². The van der Waals surface area contributed by atoms with Gasteiger partial charge in [-0.25, -0.2) is 4.79 Å². The lowest BCUT2D eigenvalue weighted by Crippen LogP contribution is -2.39. The Labute approximate surface area is 111 Å². The van der Waals surface area contributed by atoms with Crippen molar-refractivity contribution in [2.45, 2.75) is 12.1 Å². The topological polar surface area (TPSA) is 84.6 Å². The average molecular weight is 265 g/mol. The third kappa shape index (κ3) is 2.42. The van der Waals surface area contributed by atoms with Gasteiger partial charge in [0.25, 0.3) is 0 Å². The molecule has 2 aromatic rings. The number of oxazole rings is 1. The number of rotatable bonds is 4. The number of aliphatic hydroxyl groups excluding tert-OH is 1. The molecule has 104 valence electrons. The van der Waals surface area contributed by atoms with Crippen molar-refractivity contribution in [2.75, 3.05) is 20.7 Å². The molecule has 0 aliphatic heterocycles. The average Bonchev–Trinajstić information content (AvgIpc) is 2.64. The monoisotopic (exact) mass is 265 g/mol. The summed E-state index contributed by atoms with van der Waals surface area (Å²) in [5, 5.41) is 9.25. The van der Waals surface area contributed by atoms with E-state index in [9.17, 15) is 9.90 Å². The molecule has 0 fully saturated rings. The Kier molecular flexibility index (Phi) is 3.75. The number of benzene rings is 1. The summed E-state index contributed by atoms with van der Waals surface area (Å²) in [6.07, 6.45) is 0. The molecule has 6 nitrogen and oxygen atoms in total. The number of aryl methyl sites for hydroxylation is 1. The Morgan fingerprint density at radius 3 is 2.74 bits per heavy atom. The second-order valence-corrected chi connectivity index (χ2v) is 4.91. The van der Waals surface area contributed by atoms with Gasteiger partial charge in [-0.15, -0.1) is 0 Å². The number of nitrogens with zero attached hydrogens (tertiary/aromatic N) is 2. The molecule has 0 amide bonds. The summed E-state index contributed by atoms with van der Waals surface area (Å²) in [7, 11) is 5.45. The SMILES string of the molecule is CN(C)C(c1ccc2c(c1)oc(=O)n2C)C(N)CO. The molecule has 6 heteroatoms. The molecule has 0 saturated carbocycles. The van der Waals surface area contributed by atoms with E-state index < -0.39 is 6.04 Å². The molecule has 19 heavy (non-hydrogen) atoms. The number of aliphatic hydroxyl groups is 1. The molecule has 1 aromatic heterocycles. The first-order chi connectivity index (χ1) is 8.95. The van der Waals surface area contributed by atoms with Crippen LogP contribution in [0, 0.1) is 0 Å². The van der Waals surface area contributed by atoms with Crippen LogP contribution in [0.2, 0.25) is 0 Å². The van der Waals surface area contributed by atoms with Gasteiger partial charge in [-0.05, 0) is 31.8 Å². The summed E-state index contributed by atoms with van der Waals surface area (Å²) in [6.45, 7) is -0.111. The van der Waals surface area contributed by atoms with Crippen LogP contribution in [-0.2, 0) is 7.05 Å². The molecular weight excluding hydrogens is 246 g/mol. The van der Waals surface area contributed by atoms with E-state index in [-0.39, 0.29) is 18.4 Å². The lowest BCUT2D eigenvalue weighted by molar-refractivity contribution is 0.181. The normalized spacial score (nSPS) is 15.1. The van der Waals surface area contributed by atoms with Gasteiger partial charge in [0.2, 0.25) is 0 Å². The number of hydrogen-bond donors (Lipinski definition) is 2. The summed E-state index contributed by atoms with van der Waals surface area (Å²) >= 11 is 0. The van der Waals surface area contributed by atoms with E-state index in [1.54, 1.807) is 13.1 Å². The number of likely N-dealkylation sites (N-methyl/N-ethyl adjacent to an activating group) is 1. The van der Waals surface area contributed by atoms with Crippen LogP contribution in [0.1, 0.15) is 11.6 Å². The van der Waals surface area contributed by atoms with Crippen molar-refractivity contribution in [3.8, 4) is 0 Å². The van der Waals surface area contributed by atoms with Crippen molar-refractivity contribution in [1.29, 1.82) is 0 Å². The smallest absolute Gasteiger partial charge is 0.408 e. The quantitative estimate of drug-likeness (QED) is 0.816. The molecule has 1 aromatic carbocycles. The summed E-state index contributed by atoms with van der Waals surface area (Å²) in [4.78, 5) is 13.4. The Bertz CT molecular complexity index is 630. The van der Waals surface area contributed by atoms with E-state index in [4.69, 9.17) is 10.2 Å². The Morgan fingerprint density at radius 1 is 1.47 bits per heavy atom. The van der Waals surface area contributed by atoms with Crippen LogP contribution in [0.15, 0.2) is 27.4 Å². The minimum atomic E-state index is -0.400. The van der Waals surface area contributed by atoms with Crippen LogP contribution >= 0.6 is 0 Å². The van der Waals surface area contributed by atoms with Gasteiger partial charge in [-0.1, -0.05) is 6.07 Å². The first-order valence-corrected chi connectivity index (χ1v) is 6.08. The standard InChI is InChI=1S/C13H19N3O3/c1-15(2)12(9(14)7-17)8-4-5-10-11(6-8)19-13(18)16(10)3/h4-6,9,12,17H,7,14H2,1-3H3. The van der Waals surface area contributed by atoms with Crippen LogP contribution in [0.25, 0.3) is 11.1 Å². The number of aromatic nitrogens is 1. The highest BCUT2D eigenvalue weighted by atomic mass is 16.4. The van der Waals surface area contributed by atoms with Crippen molar-refractivity contribution >= 4 is 11.1 Å². The van der Waals surface area contributed by atoms with Crippen molar-refractivity contribution in [3.63, 3.8) is 0 Å². The van der Waals surface area contributed by atoms with Crippen LogP contribution < -0.4 is 11.5 Å². The highest BCUT2D eigenvalue weighted by molar-refractivity contribution is 5.73. The lowest BCUT2D eigenvalue weighted by atomic mass is 9.99. The molecule has 0 saturated heterocycles. The van der Waals surface area contributed by atoms with Crippen molar-refractivity contribution < 1.29 is 9.52 Å². The molecule has 2 rings (SSSR count). The molecule has 0 bridgehead atoms. The fraction of sp³-hybridized carbons (Fsp3) is 0.462. The highest BCUT2D eigenvalue weighted by Crippen LogP contribution is 2.24. The van der Waals surface area contributed by atoms with Gasteiger partial charge < -0.3 is 20.2 Å². The van der Waals surface area contributed by atoms with Gasteiger partial charge in [-0.3, -0.25) is 4.57 Å². The Morgan fingerprint density at radius 2 is 2.16 bits per heavy atom. The molecular formula is C13H19N3O3. The van der Waals surface area contributed by atoms with E-state index in [0.717, 1.165) is 11.1 Å². The number of nitrogens with two attached hydrogens (primary N) is 1. The predicted molar refractivity (Wildman–Crippen MR) is 72.9 cm³/mol. The Hall–Kier alpha value is -1.63. The summed E-state index contributed by atoms with van der Waals surface area (Å²) in [5.74, 6) is -0.389. The zero-order valence-electron chi connectivity index (χ0n) is 11.3. The first-order valence-electron chi connectivity index (χ1n) is 6.08. The minimum absolute atomic E-state index is 0.111. The van der Waals surface area contributed by atoms with E-state index in [1.165, 1.54) is 4.57 Å². The maximum atomic E-state index is 11.5. The largest absolute Gasteiger partial charge is 0.419 e. The van der Waals surface area contributed by atoms with Gasteiger partial charge in [0, 0.05) is 13.1 Å². The first kappa shape index (κ1) is 13.8. The fourth-order valence-electron chi connectivity index (χ4n) is 2.36. The predicted octanol–water partition coefficient (Wildman–Crippen LogP) is 0.0538. The van der Waals surface area contributed by atoms with Gasteiger partial charge in [0.15, 0.2) is 5.58 Å². The molecule has 3 N–H and O–H groups in total. The van der Waals surface area contributed by atoms with Gasteiger partial charge in [0.1, 0.15) is 0 Å². The number of hydrogen-bond acceptors (Lipinski definition) is 5. The van der Waals surface area contributed by atoms with Crippen LogP contribution in [-0.4, -0.2) is 41.3 Å². The van der Waals surface area contributed by atoms with Crippen molar-refractivity contribution in [2.24, 2.45) is 12.8 Å². The summed E-state index contributed by atoms with van der Waals surface area (Å²) in [6, 6.07) is 4.99. The lowest BCUT2D eigenvalue weighted by Gasteiger charge is -2.29.